The summed E-state index contributed by atoms with van der Waals surface area (Å²) in [6.07, 6.45) is 9.44. The van der Waals surface area contributed by atoms with Gasteiger partial charge < -0.3 is 9.73 Å². The number of anilines is 1. The van der Waals surface area contributed by atoms with Crippen molar-refractivity contribution in [1.82, 2.24) is 4.98 Å². The molecule has 0 bridgehead atoms. The first-order valence-corrected chi connectivity index (χ1v) is 8.38. The van der Waals surface area contributed by atoms with Crippen LogP contribution >= 0.6 is 0 Å². The molecule has 2 atom stereocenters. The first-order chi connectivity index (χ1) is 10.2. The zero-order valence-electron chi connectivity index (χ0n) is 13.2. The number of aryl methyl sites for hydroxylation is 1. The summed E-state index contributed by atoms with van der Waals surface area (Å²) in [5, 5.41) is 3.70. The van der Waals surface area contributed by atoms with Gasteiger partial charge in [-0.15, -0.1) is 0 Å². The summed E-state index contributed by atoms with van der Waals surface area (Å²) in [4.78, 5) is 4.42. The third-order valence-electron chi connectivity index (χ3n) is 4.65. The largest absolute Gasteiger partial charge is 0.441 e. The molecular weight excluding hydrogens is 260 g/mol. The van der Waals surface area contributed by atoms with E-state index in [1.54, 1.807) is 0 Å². The van der Waals surface area contributed by atoms with E-state index in [0.29, 0.717) is 6.04 Å². The van der Waals surface area contributed by atoms with Gasteiger partial charge in [0.05, 0.1) is 0 Å². The molecule has 3 heteroatoms. The van der Waals surface area contributed by atoms with Crippen LogP contribution in [0.3, 0.4) is 0 Å². The fourth-order valence-corrected chi connectivity index (χ4v) is 3.59. The van der Waals surface area contributed by atoms with E-state index in [1.807, 2.05) is 13.0 Å². The van der Waals surface area contributed by atoms with E-state index in [1.165, 1.54) is 50.6 Å². The Morgan fingerprint density at radius 2 is 2.14 bits per heavy atom. The van der Waals surface area contributed by atoms with Gasteiger partial charge in [0, 0.05) is 18.7 Å². The van der Waals surface area contributed by atoms with Crippen molar-refractivity contribution in [3.05, 3.63) is 24.1 Å². The molecule has 1 aliphatic carbocycles. The Morgan fingerprint density at radius 3 is 3.00 bits per heavy atom. The molecule has 0 radical (unpaired) electrons. The Balaban J connectivity index is 1.64. The van der Waals surface area contributed by atoms with Gasteiger partial charge >= 0.3 is 0 Å². The number of aromatic nitrogens is 1. The van der Waals surface area contributed by atoms with Gasteiger partial charge in [0.1, 0.15) is 5.52 Å². The fraction of sp³-hybridized carbons (Fsp3) is 0.611. The summed E-state index contributed by atoms with van der Waals surface area (Å²) in [5.74, 6) is 1.68. The second kappa shape index (κ2) is 6.50. The molecule has 2 aromatic rings. The van der Waals surface area contributed by atoms with Gasteiger partial charge in [0.25, 0.3) is 0 Å². The SMILES string of the molecule is CCCC1CCCC(Nc2ccc3oc(C)nc3c2)CC1. The number of rotatable bonds is 4. The van der Waals surface area contributed by atoms with E-state index >= 15 is 0 Å². The van der Waals surface area contributed by atoms with Gasteiger partial charge in [-0.25, -0.2) is 4.98 Å². The highest BCUT2D eigenvalue weighted by molar-refractivity contribution is 5.77. The first kappa shape index (κ1) is 14.4. The van der Waals surface area contributed by atoms with Crippen molar-refractivity contribution in [1.29, 1.82) is 0 Å². The van der Waals surface area contributed by atoms with Crippen molar-refractivity contribution < 1.29 is 4.42 Å². The molecule has 21 heavy (non-hydrogen) atoms. The maximum absolute atomic E-state index is 5.53. The Morgan fingerprint density at radius 1 is 1.24 bits per heavy atom. The van der Waals surface area contributed by atoms with Crippen molar-refractivity contribution >= 4 is 16.8 Å². The Bertz CT molecular complexity index is 590. The van der Waals surface area contributed by atoms with Crippen molar-refractivity contribution in [2.45, 2.75) is 64.8 Å². The molecule has 0 spiro atoms. The summed E-state index contributed by atoms with van der Waals surface area (Å²) in [6, 6.07) is 6.85. The summed E-state index contributed by atoms with van der Waals surface area (Å²) in [6.45, 7) is 4.20. The molecule has 3 nitrogen and oxygen atoms in total. The van der Waals surface area contributed by atoms with Crippen LogP contribution in [-0.4, -0.2) is 11.0 Å². The lowest BCUT2D eigenvalue weighted by Gasteiger charge is -2.18. The lowest BCUT2D eigenvalue weighted by atomic mass is 9.95. The normalized spacial score (nSPS) is 23.1. The summed E-state index contributed by atoms with van der Waals surface area (Å²) >= 11 is 0. The maximum atomic E-state index is 5.53. The fourth-order valence-electron chi connectivity index (χ4n) is 3.59. The van der Waals surface area contributed by atoms with Gasteiger partial charge in [-0.1, -0.05) is 32.6 Å². The van der Waals surface area contributed by atoms with Crippen LogP contribution in [0, 0.1) is 12.8 Å². The Hall–Kier alpha value is -1.51. The zero-order valence-corrected chi connectivity index (χ0v) is 13.2. The van der Waals surface area contributed by atoms with Gasteiger partial charge in [-0.05, 0) is 43.4 Å². The molecule has 0 saturated heterocycles. The van der Waals surface area contributed by atoms with Gasteiger partial charge in [0.15, 0.2) is 11.5 Å². The van der Waals surface area contributed by atoms with Crippen molar-refractivity contribution in [3.63, 3.8) is 0 Å². The van der Waals surface area contributed by atoms with Crippen LogP contribution in [-0.2, 0) is 0 Å². The minimum atomic E-state index is 0.609. The van der Waals surface area contributed by atoms with E-state index in [-0.39, 0.29) is 0 Å². The highest BCUT2D eigenvalue weighted by atomic mass is 16.3. The van der Waals surface area contributed by atoms with Gasteiger partial charge in [-0.3, -0.25) is 0 Å². The molecule has 0 aliphatic heterocycles. The summed E-state index contributed by atoms with van der Waals surface area (Å²) < 4.78 is 5.53. The lowest BCUT2D eigenvalue weighted by molar-refractivity contribution is 0.422. The molecule has 1 saturated carbocycles. The van der Waals surface area contributed by atoms with E-state index in [9.17, 15) is 0 Å². The van der Waals surface area contributed by atoms with Crippen molar-refractivity contribution in [2.24, 2.45) is 5.92 Å². The number of oxazole rings is 1. The average molecular weight is 286 g/mol. The lowest BCUT2D eigenvalue weighted by Crippen LogP contribution is -2.18. The van der Waals surface area contributed by atoms with Crippen LogP contribution in [0.4, 0.5) is 5.69 Å². The van der Waals surface area contributed by atoms with E-state index < -0.39 is 0 Å². The maximum Gasteiger partial charge on any atom is 0.192 e. The van der Waals surface area contributed by atoms with Crippen LogP contribution in [0.5, 0.6) is 0 Å². The predicted molar refractivity (Wildman–Crippen MR) is 87.6 cm³/mol. The number of nitrogens with one attached hydrogen (secondary N) is 1. The van der Waals surface area contributed by atoms with E-state index in [4.69, 9.17) is 4.42 Å². The molecule has 1 fully saturated rings. The van der Waals surface area contributed by atoms with Gasteiger partial charge in [0.2, 0.25) is 0 Å². The number of fused-ring (bicyclic) bond motifs is 1. The summed E-state index contributed by atoms with van der Waals surface area (Å²) in [5.41, 5.74) is 3.01. The molecule has 114 valence electrons. The van der Waals surface area contributed by atoms with E-state index in [0.717, 1.165) is 22.9 Å². The van der Waals surface area contributed by atoms with Gasteiger partial charge in [-0.2, -0.15) is 0 Å². The minimum absolute atomic E-state index is 0.609. The average Bonchev–Trinajstić information content (AvgIpc) is 2.69. The third kappa shape index (κ3) is 3.58. The molecule has 1 N–H and O–H groups in total. The number of hydrogen-bond acceptors (Lipinski definition) is 3. The molecule has 0 amide bonds. The van der Waals surface area contributed by atoms with Crippen LogP contribution in [0.2, 0.25) is 0 Å². The van der Waals surface area contributed by atoms with Crippen LogP contribution in [0.1, 0.15) is 57.8 Å². The second-order valence-electron chi connectivity index (χ2n) is 6.42. The van der Waals surface area contributed by atoms with Crippen molar-refractivity contribution in [2.75, 3.05) is 5.32 Å². The number of benzene rings is 1. The van der Waals surface area contributed by atoms with Crippen LogP contribution < -0.4 is 5.32 Å². The van der Waals surface area contributed by atoms with E-state index in [2.05, 4.69) is 29.4 Å². The molecule has 1 aliphatic rings. The topological polar surface area (TPSA) is 38.1 Å². The Labute approximate surface area is 127 Å². The molecule has 2 unspecified atom stereocenters. The summed E-state index contributed by atoms with van der Waals surface area (Å²) in [7, 11) is 0. The predicted octanol–water partition coefficient (Wildman–Crippen LogP) is 5.30. The number of hydrogen-bond donors (Lipinski definition) is 1. The molecule has 3 rings (SSSR count). The second-order valence-corrected chi connectivity index (χ2v) is 6.42. The van der Waals surface area contributed by atoms with Crippen molar-refractivity contribution in [3.8, 4) is 0 Å². The molecule has 1 aromatic carbocycles. The molecular formula is C18H26N2O. The zero-order chi connectivity index (χ0) is 14.7. The molecule has 1 heterocycles. The minimum Gasteiger partial charge on any atom is -0.441 e. The monoisotopic (exact) mass is 286 g/mol. The Kier molecular flexibility index (Phi) is 4.47. The smallest absolute Gasteiger partial charge is 0.192 e. The third-order valence-corrected chi connectivity index (χ3v) is 4.65. The van der Waals surface area contributed by atoms with Crippen LogP contribution in [0.15, 0.2) is 22.6 Å². The standard InChI is InChI=1S/C18H26N2O/c1-3-5-14-6-4-7-15(9-8-14)20-16-10-11-18-17(12-16)19-13(2)21-18/h10-12,14-15,20H,3-9H2,1-2H3. The highest BCUT2D eigenvalue weighted by Crippen LogP contribution is 2.29. The first-order valence-electron chi connectivity index (χ1n) is 8.38. The highest BCUT2D eigenvalue weighted by Gasteiger charge is 2.18. The number of nitrogens with zero attached hydrogens (tertiary/aromatic N) is 1. The van der Waals surface area contributed by atoms with Crippen LogP contribution in [0.25, 0.3) is 11.1 Å². The molecule has 1 aromatic heterocycles. The quantitative estimate of drug-likeness (QED) is 0.775.